The van der Waals surface area contributed by atoms with Gasteiger partial charge in [0.15, 0.2) is 0 Å². The van der Waals surface area contributed by atoms with Crippen LogP contribution in [0.25, 0.3) is 22.6 Å². The molecule has 8 nitrogen and oxygen atoms in total. The van der Waals surface area contributed by atoms with Crippen LogP contribution in [0.2, 0.25) is 0 Å². The smallest absolute Gasteiger partial charge is 0.416 e. The molecule has 0 radical (unpaired) electrons. The van der Waals surface area contributed by atoms with Gasteiger partial charge < -0.3 is 14.6 Å². The third-order valence-corrected chi connectivity index (χ3v) is 8.38. The summed E-state index contributed by atoms with van der Waals surface area (Å²) in [6.45, 7) is 2.59. The van der Waals surface area contributed by atoms with E-state index in [1.54, 1.807) is 30.3 Å². The van der Waals surface area contributed by atoms with E-state index < -0.39 is 23.9 Å². The molecule has 1 aliphatic heterocycles. The van der Waals surface area contributed by atoms with Gasteiger partial charge in [-0.1, -0.05) is 72.8 Å². The lowest BCUT2D eigenvalue weighted by Gasteiger charge is -2.34. The predicted molar refractivity (Wildman–Crippen MR) is 173 cm³/mol. The van der Waals surface area contributed by atoms with Crippen molar-refractivity contribution < 1.29 is 22.7 Å². The maximum absolute atomic E-state index is 13.8. The molecule has 2 aromatic heterocycles. The van der Waals surface area contributed by atoms with Gasteiger partial charge in [0.2, 0.25) is 5.95 Å². The van der Waals surface area contributed by atoms with Gasteiger partial charge in [-0.05, 0) is 55.5 Å². The van der Waals surface area contributed by atoms with Crippen molar-refractivity contribution >= 4 is 12.0 Å². The van der Waals surface area contributed by atoms with Gasteiger partial charge in [-0.2, -0.15) is 13.2 Å². The van der Waals surface area contributed by atoms with Gasteiger partial charge in [-0.3, -0.25) is 4.90 Å². The fraction of sp³-hybridized carbons (Fsp3) is 0.278. The maximum Gasteiger partial charge on any atom is 0.416 e. The van der Waals surface area contributed by atoms with E-state index in [0.29, 0.717) is 41.8 Å². The van der Waals surface area contributed by atoms with E-state index >= 15 is 0 Å². The summed E-state index contributed by atoms with van der Waals surface area (Å²) >= 11 is 0. The molecule has 242 valence electrons. The van der Waals surface area contributed by atoms with Crippen LogP contribution < -0.4 is 5.32 Å². The van der Waals surface area contributed by atoms with Gasteiger partial charge in [-0.25, -0.2) is 19.7 Å². The highest BCUT2D eigenvalue weighted by atomic mass is 19.4. The van der Waals surface area contributed by atoms with E-state index in [2.05, 4.69) is 10.3 Å². The summed E-state index contributed by atoms with van der Waals surface area (Å²) in [6.07, 6.45) is -1.11. The lowest BCUT2D eigenvalue weighted by Crippen LogP contribution is -2.39. The normalized spacial score (nSPS) is 15.7. The Labute approximate surface area is 271 Å². The SMILES string of the molecule is CC(Nc1nccc(-c2c(-c3cccc(C(F)(F)F)c3)nc(C3CCCCN3C(=O)OCc3ccccc3)n2C)n1)c1ccccc1. The molecule has 1 N–H and O–H groups in total. The van der Waals surface area contributed by atoms with Crippen LogP contribution >= 0.6 is 0 Å². The topological polar surface area (TPSA) is 85.2 Å². The van der Waals surface area contributed by atoms with E-state index in [4.69, 9.17) is 14.7 Å². The fourth-order valence-electron chi connectivity index (χ4n) is 5.95. The van der Waals surface area contributed by atoms with Crippen LogP contribution in [0, 0.1) is 0 Å². The number of hydrogen-bond donors (Lipinski definition) is 1. The number of amides is 1. The molecule has 3 heterocycles. The molecule has 1 aliphatic rings. The number of piperidine rings is 1. The minimum absolute atomic E-state index is 0.103. The summed E-state index contributed by atoms with van der Waals surface area (Å²) in [5.74, 6) is 0.898. The molecule has 6 rings (SSSR count). The number of ether oxygens (including phenoxy) is 1. The molecule has 1 amide bonds. The van der Waals surface area contributed by atoms with Crippen molar-refractivity contribution in [3.8, 4) is 22.6 Å². The Morgan fingerprint density at radius 3 is 2.47 bits per heavy atom. The van der Waals surface area contributed by atoms with Gasteiger partial charge in [-0.15, -0.1) is 0 Å². The average Bonchev–Trinajstić information content (AvgIpc) is 3.44. The molecule has 2 unspecified atom stereocenters. The van der Waals surface area contributed by atoms with Crippen molar-refractivity contribution in [3.05, 3.63) is 120 Å². The highest BCUT2D eigenvalue weighted by molar-refractivity contribution is 5.78. The zero-order valence-corrected chi connectivity index (χ0v) is 26.1. The fourth-order valence-corrected chi connectivity index (χ4v) is 5.95. The Hall–Kier alpha value is -5.19. The maximum atomic E-state index is 13.8. The largest absolute Gasteiger partial charge is 0.445 e. The zero-order valence-electron chi connectivity index (χ0n) is 26.1. The summed E-state index contributed by atoms with van der Waals surface area (Å²) in [7, 11) is 1.80. The number of aromatic nitrogens is 4. The Balaban J connectivity index is 1.39. The van der Waals surface area contributed by atoms with Crippen LogP contribution in [0.15, 0.2) is 97.2 Å². The summed E-state index contributed by atoms with van der Waals surface area (Å²) in [5, 5.41) is 3.33. The van der Waals surface area contributed by atoms with E-state index in [9.17, 15) is 18.0 Å². The number of halogens is 3. The van der Waals surface area contributed by atoms with E-state index in [-0.39, 0.29) is 18.2 Å². The second-order valence-electron chi connectivity index (χ2n) is 11.6. The number of likely N-dealkylation sites (tertiary alicyclic amines) is 1. The van der Waals surface area contributed by atoms with Crippen molar-refractivity contribution in [2.24, 2.45) is 7.05 Å². The molecule has 5 aromatic rings. The number of alkyl halides is 3. The van der Waals surface area contributed by atoms with E-state index in [1.807, 2.05) is 72.2 Å². The molecule has 47 heavy (non-hydrogen) atoms. The van der Waals surface area contributed by atoms with Gasteiger partial charge in [0.25, 0.3) is 0 Å². The number of imidazole rings is 1. The second kappa shape index (κ2) is 13.7. The third kappa shape index (κ3) is 7.14. The first-order chi connectivity index (χ1) is 22.7. The molecule has 1 fully saturated rings. The molecule has 0 bridgehead atoms. The van der Waals surface area contributed by atoms with Crippen LogP contribution in [-0.4, -0.2) is 37.1 Å². The Morgan fingerprint density at radius 1 is 0.979 bits per heavy atom. The van der Waals surface area contributed by atoms with Crippen LogP contribution in [0.5, 0.6) is 0 Å². The minimum Gasteiger partial charge on any atom is -0.445 e. The second-order valence-corrected chi connectivity index (χ2v) is 11.6. The van der Waals surface area contributed by atoms with Crippen molar-refractivity contribution in [3.63, 3.8) is 0 Å². The van der Waals surface area contributed by atoms with Crippen molar-refractivity contribution in [1.82, 2.24) is 24.4 Å². The number of carbonyl (C=O) groups is 1. The molecule has 0 saturated carbocycles. The van der Waals surface area contributed by atoms with Gasteiger partial charge >= 0.3 is 12.3 Å². The Kier molecular flexibility index (Phi) is 9.24. The number of carbonyl (C=O) groups excluding carboxylic acids is 1. The lowest BCUT2D eigenvalue weighted by molar-refractivity contribution is -0.137. The molecule has 11 heteroatoms. The molecule has 3 aromatic carbocycles. The van der Waals surface area contributed by atoms with Gasteiger partial charge in [0.05, 0.1) is 34.7 Å². The number of anilines is 1. The molecular weight excluding hydrogens is 605 g/mol. The minimum atomic E-state index is -4.53. The van der Waals surface area contributed by atoms with Crippen molar-refractivity contribution in [1.29, 1.82) is 0 Å². The monoisotopic (exact) mass is 640 g/mol. The Morgan fingerprint density at radius 2 is 1.72 bits per heavy atom. The average molecular weight is 641 g/mol. The molecule has 1 saturated heterocycles. The van der Waals surface area contributed by atoms with Crippen LogP contribution in [0.1, 0.15) is 60.8 Å². The van der Waals surface area contributed by atoms with Crippen molar-refractivity contribution in [2.45, 2.75) is 51.1 Å². The number of benzene rings is 3. The molecule has 2 atom stereocenters. The summed E-state index contributed by atoms with van der Waals surface area (Å²) in [5.41, 5.74) is 2.75. The van der Waals surface area contributed by atoms with Crippen LogP contribution in [0.4, 0.5) is 23.9 Å². The first-order valence-corrected chi connectivity index (χ1v) is 15.6. The number of nitrogens with one attached hydrogen (secondary N) is 1. The molecular formula is C36H35F3N6O2. The van der Waals surface area contributed by atoms with Crippen LogP contribution in [-0.2, 0) is 24.6 Å². The quantitative estimate of drug-likeness (QED) is 0.183. The third-order valence-electron chi connectivity index (χ3n) is 8.38. The van der Waals surface area contributed by atoms with Crippen molar-refractivity contribution in [2.75, 3.05) is 11.9 Å². The van der Waals surface area contributed by atoms with Crippen LogP contribution in [0.3, 0.4) is 0 Å². The summed E-state index contributed by atoms with van der Waals surface area (Å²) in [4.78, 5) is 29.3. The molecule has 0 aliphatic carbocycles. The highest BCUT2D eigenvalue weighted by Crippen LogP contribution is 2.39. The number of hydrogen-bond acceptors (Lipinski definition) is 6. The summed E-state index contributed by atoms with van der Waals surface area (Å²) < 4.78 is 49.0. The summed E-state index contributed by atoms with van der Waals surface area (Å²) in [6, 6.07) is 25.6. The van der Waals surface area contributed by atoms with E-state index in [0.717, 1.165) is 36.1 Å². The first kappa shape index (κ1) is 31.8. The highest BCUT2D eigenvalue weighted by Gasteiger charge is 2.35. The predicted octanol–water partition coefficient (Wildman–Crippen LogP) is 8.60. The van der Waals surface area contributed by atoms with E-state index in [1.165, 1.54) is 6.07 Å². The molecule has 0 spiro atoms. The standard InChI is InChI=1S/C36H35F3N6O2/c1-24(26-14-7-4-8-15-26)41-34-40-20-19-29(42-34)32-31(27-16-11-17-28(22-27)36(37,38)39)43-33(44(32)2)30-18-9-10-21-45(30)35(46)47-23-25-12-5-3-6-13-25/h3-8,11-17,19-20,22,24,30H,9-10,18,21,23H2,1-2H3,(H,40,41,42). The van der Waals surface area contributed by atoms with Gasteiger partial charge in [0, 0.05) is 25.4 Å². The van der Waals surface area contributed by atoms with Gasteiger partial charge in [0.1, 0.15) is 12.4 Å². The zero-order chi connectivity index (χ0) is 33.0. The first-order valence-electron chi connectivity index (χ1n) is 15.6. The number of rotatable bonds is 8. The number of nitrogens with zero attached hydrogens (tertiary/aromatic N) is 5. The lowest BCUT2D eigenvalue weighted by atomic mass is 10.0. The Bertz CT molecular complexity index is 1830.